The van der Waals surface area contributed by atoms with Gasteiger partial charge in [0, 0.05) is 5.56 Å². The molecule has 1 aliphatic carbocycles. The lowest BCUT2D eigenvalue weighted by Gasteiger charge is -2.29. The van der Waals surface area contributed by atoms with E-state index in [0.717, 1.165) is 50.0 Å². The molecule has 1 aliphatic rings. The van der Waals surface area contributed by atoms with E-state index in [0.29, 0.717) is 11.1 Å². The summed E-state index contributed by atoms with van der Waals surface area (Å²) in [5.74, 6) is -0.425. The van der Waals surface area contributed by atoms with Crippen molar-refractivity contribution in [3.63, 3.8) is 0 Å². The van der Waals surface area contributed by atoms with Crippen molar-refractivity contribution in [2.24, 2.45) is 5.92 Å². The first kappa shape index (κ1) is 21.7. The highest BCUT2D eigenvalue weighted by atomic mass is 19.2. The predicted octanol–water partition coefficient (Wildman–Crippen LogP) is 8.60. The molecular formula is C27H34F2. The van der Waals surface area contributed by atoms with E-state index >= 15 is 0 Å². The summed E-state index contributed by atoms with van der Waals surface area (Å²) >= 11 is 0. The average molecular weight is 397 g/mol. The van der Waals surface area contributed by atoms with Gasteiger partial charge in [-0.3, -0.25) is 0 Å². The molecule has 1 saturated carbocycles. The van der Waals surface area contributed by atoms with Crippen molar-refractivity contribution in [2.45, 2.75) is 77.0 Å². The second-order valence-electron chi connectivity index (χ2n) is 8.57. The summed E-state index contributed by atoms with van der Waals surface area (Å²) in [4.78, 5) is 0. The monoisotopic (exact) mass is 396 g/mol. The van der Waals surface area contributed by atoms with Gasteiger partial charge in [-0.2, -0.15) is 0 Å². The Morgan fingerprint density at radius 3 is 2.31 bits per heavy atom. The second-order valence-corrected chi connectivity index (χ2v) is 8.57. The van der Waals surface area contributed by atoms with Crippen molar-refractivity contribution < 1.29 is 8.78 Å². The fourth-order valence-corrected chi connectivity index (χ4v) is 4.67. The van der Waals surface area contributed by atoms with E-state index in [4.69, 9.17) is 0 Å². The van der Waals surface area contributed by atoms with Crippen molar-refractivity contribution in [2.75, 3.05) is 0 Å². The molecule has 0 radical (unpaired) electrons. The quantitative estimate of drug-likeness (QED) is 0.294. The Morgan fingerprint density at radius 2 is 1.66 bits per heavy atom. The lowest BCUT2D eigenvalue weighted by molar-refractivity contribution is 0.298. The van der Waals surface area contributed by atoms with E-state index in [9.17, 15) is 8.78 Å². The molecule has 0 N–H and O–H groups in total. The van der Waals surface area contributed by atoms with Crippen LogP contribution in [0.2, 0.25) is 0 Å². The normalized spacial score (nSPS) is 19.3. The highest BCUT2D eigenvalue weighted by molar-refractivity contribution is 5.65. The Morgan fingerprint density at radius 1 is 0.931 bits per heavy atom. The lowest BCUT2D eigenvalue weighted by Crippen LogP contribution is -2.15. The molecule has 2 aromatic carbocycles. The largest absolute Gasteiger partial charge is 0.203 e. The number of benzene rings is 2. The van der Waals surface area contributed by atoms with Gasteiger partial charge >= 0.3 is 0 Å². The van der Waals surface area contributed by atoms with Crippen LogP contribution in [0.25, 0.3) is 11.1 Å². The highest BCUT2D eigenvalue weighted by Gasteiger charge is 2.26. The zero-order chi connectivity index (χ0) is 20.6. The fourth-order valence-electron chi connectivity index (χ4n) is 4.67. The van der Waals surface area contributed by atoms with Gasteiger partial charge in [-0.25, -0.2) is 8.78 Å². The summed E-state index contributed by atoms with van der Waals surface area (Å²) in [5, 5.41) is 0. The molecule has 0 amide bonds. The molecule has 0 aromatic heterocycles. The van der Waals surface area contributed by atoms with Crippen molar-refractivity contribution >= 4 is 0 Å². The van der Waals surface area contributed by atoms with Gasteiger partial charge in [-0.1, -0.05) is 75.1 Å². The van der Waals surface area contributed by atoms with Crippen molar-refractivity contribution in [3.8, 4) is 11.1 Å². The minimum atomic E-state index is -0.702. The number of halogens is 2. The van der Waals surface area contributed by atoms with E-state index in [2.05, 4.69) is 13.5 Å². The number of aryl methyl sites for hydroxylation is 1. The molecule has 0 unspecified atom stereocenters. The third kappa shape index (κ3) is 5.56. The van der Waals surface area contributed by atoms with Gasteiger partial charge in [-0.15, -0.1) is 6.58 Å². The molecule has 2 heteroatoms. The molecule has 156 valence electrons. The van der Waals surface area contributed by atoms with Crippen LogP contribution >= 0.6 is 0 Å². The van der Waals surface area contributed by atoms with E-state index < -0.39 is 11.6 Å². The predicted molar refractivity (Wildman–Crippen MR) is 119 cm³/mol. The van der Waals surface area contributed by atoms with E-state index in [1.807, 2.05) is 36.4 Å². The molecule has 0 bridgehead atoms. The summed E-state index contributed by atoms with van der Waals surface area (Å²) in [6.45, 7) is 5.97. The van der Waals surface area contributed by atoms with Gasteiger partial charge in [-0.05, 0) is 67.1 Å². The van der Waals surface area contributed by atoms with Gasteiger partial charge in [0.05, 0.1) is 0 Å². The first-order valence-electron chi connectivity index (χ1n) is 11.3. The van der Waals surface area contributed by atoms with E-state index in [1.54, 1.807) is 6.07 Å². The van der Waals surface area contributed by atoms with Crippen molar-refractivity contribution in [1.82, 2.24) is 0 Å². The number of unbranched alkanes of at least 4 members (excludes halogenated alkanes) is 2. The van der Waals surface area contributed by atoms with Gasteiger partial charge < -0.3 is 0 Å². The first-order valence-corrected chi connectivity index (χ1v) is 11.3. The molecule has 0 heterocycles. The SMILES string of the molecule is C=CCCc1ccc(-c2ccc(C3CCC(CCCCC)CC3)c(F)c2F)cc1. The molecule has 3 rings (SSSR count). The number of hydrogen-bond donors (Lipinski definition) is 0. The zero-order valence-electron chi connectivity index (χ0n) is 17.7. The fraction of sp³-hybridized carbons (Fsp3) is 0.481. The average Bonchev–Trinajstić information content (AvgIpc) is 2.75. The van der Waals surface area contributed by atoms with Crippen LogP contribution in [0, 0.1) is 17.6 Å². The van der Waals surface area contributed by atoms with Gasteiger partial charge in [0.1, 0.15) is 0 Å². The van der Waals surface area contributed by atoms with Gasteiger partial charge in [0.15, 0.2) is 11.6 Å². The smallest absolute Gasteiger partial charge is 0.166 e. The molecule has 29 heavy (non-hydrogen) atoms. The molecular weight excluding hydrogens is 362 g/mol. The third-order valence-corrected chi connectivity index (χ3v) is 6.52. The molecule has 0 aliphatic heterocycles. The molecule has 0 saturated heterocycles. The lowest BCUT2D eigenvalue weighted by atomic mass is 9.76. The Hall–Kier alpha value is -1.96. The molecule has 0 spiro atoms. The Balaban J connectivity index is 1.67. The van der Waals surface area contributed by atoms with Crippen LogP contribution in [0.4, 0.5) is 8.78 Å². The first-order chi connectivity index (χ1) is 14.1. The van der Waals surface area contributed by atoms with Crippen LogP contribution in [0.1, 0.15) is 81.8 Å². The van der Waals surface area contributed by atoms with Crippen LogP contribution in [0.15, 0.2) is 49.1 Å². The Kier molecular flexibility index (Phi) is 8.03. The van der Waals surface area contributed by atoms with Crippen LogP contribution in [0.3, 0.4) is 0 Å². The topological polar surface area (TPSA) is 0 Å². The van der Waals surface area contributed by atoms with Crippen molar-refractivity contribution in [3.05, 3.63) is 71.8 Å². The number of hydrogen-bond acceptors (Lipinski definition) is 0. The van der Waals surface area contributed by atoms with Gasteiger partial charge in [0.25, 0.3) is 0 Å². The maximum Gasteiger partial charge on any atom is 0.166 e. The van der Waals surface area contributed by atoms with Crippen LogP contribution in [-0.2, 0) is 6.42 Å². The highest BCUT2D eigenvalue weighted by Crippen LogP contribution is 2.40. The van der Waals surface area contributed by atoms with Crippen molar-refractivity contribution in [1.29, 1.82) is 0 Å². The summed E-state index contributed by atoms with van der Waals surface area (Å²) in [5.41, 5.74) is 2.84. The maximum atomic E-state index is 14.9. The van der Waals surface area contributed by atoms with Gasteiger partial charge in [0.2, 0.25) is 0 Å². The summed E-state index contributed by atoms with van der Waals surface area (Å²) in [6.07, 6.45) is 13.1. The Bertz CT molecular complexity index is 783. The van der Waals surface area contributed by atoms with E-state index in [-0.39, 0.29) is 5.92 Å². The molecule has 2 aromatic rings. The van der Waals surface area contributed by atoms with Crippen LogP contribution < -0.4 is 0 Å². The standard InChI is InChI=1S/C27H34F2/c1-3-5-7-9-21-12-16-23(17-13-21)25-19-18-24(26(28)27(25)29)22-14-10-20(11-15-22)8-6-4-2/h4,10-11,14-15,18-19,21,23H,2-3,5-9,12-13,16-17H2,1H3. The molecule has 1 fully saturated rings. The number of rotatable bonds is 9. The van der Waals surface area contributed by atoms with Crippen LogP contribution in [-0.4, -0.2) is 0 Å². The minimum absolute atomic E-state index is 0.155. The molecule has 0 nitrogen and oxygen atoms in total. The molecule has 0 atom stereocenters. The summed E-state index contributed by atoms with van der Waals surface area (Å²) < 4.78 is 29.8. The van der Waals surface area contributed by atoms with E-state index in [1.165, 1.54) is 31.2 Å². The second kappa shape index (κ2) is 10.7. The Labute approximate surface area is 175 Å². The summed E-state index contributed by atoms with van der Waals surface area (Å²) in [6, 6.07) is 11.3. The maximum absolute atomic E-state index is 14.9. The zero-order valence-corrected chi connectivity index (χ0v) is 17.7. The third-order valence-electron chi connectivity index (χ3n) is 6.52. The summed E-state index contributed by atoms with van der Waals surface area (Å²) in [7, 11) is 0. The minimum Gasteiger partial charge on any atom is -0.203 e. The van der Waals surface area contributed by atoms with Crippen LogP contribution in [0.5, 0.6) is 0 Å². The number of allylic oxidation sites excluding steroid dienone is 1.